The van der Waals surface area contributed by atoms with E-state index in [-0.39, 0.29) is 17.3 Å². The van der Waals surface area contributed by atoms with Crippen molar-refractivity contribution in [3.63, 3.8) is 0 Å². The molecule has 2 aliphatic rings. The molecule has 0 radical (unpaired) electrons. The second-order valence-corrected chi connectivity index (χ2v) is 5.86. The van der Waals surface area contributed by atoms with E-state index in [0.29, 0.717) is 10.3 Å². The highest BCUT2D eigenvalue weighted by Crippen LogP contribution is 2.57. The van der Waals surface area contributed by atoms with E-state index < -0.39 is 0 Å². The maximum Gasteiger partial charge on any atom is 0.143 e. The summed E-state index contributed by atoms with van der Waals surface area (Å²) in [6, 6.07) is 0. The van der Waals surface area contributed by atoms with Crippen molar-refractivity contribution >= 4 is 29.0 Å². The van der Waals surface area contributed by atoms with Crippen molar-refractivity contribution in [2.75, 3.05) is 0 Å². The van der Waals surface area contributed by atoms with E-state index in [1.54, 1.807) is 0 Å². The molecule has 0 amide bonds. The Labute approximate surface area is 101 Å². The first-order valence-corrected chi connectivity index (χ1v) is 6.41. The third-order valence-electron chi connectivity index (χ3n) is 4.13. The monoisotopic (exact) mass is 246 g/mol. The normalized spacial score (nSPS) is 33.7. The zero-order valence-corrected chi connectivity index (χ0v) is 10.4. The van der Waals surface area contributed by atoms with Crippen molar-refractivity contribution < 1.29 is 4.79 Å². The van der Waals surface area contributed by atoms with Gasteiger partial charge in [-0.3, -0.25) is 4.79 Å². The molecule has 2 fully saturated rings. The van der Waals surface area contributed by atoms with Crippen molar-refractivity contribution in [3.05, 3.63) is 10.6 Å². The SMILES string of the molecule is CC1C(=O)C2(CCCCC2)C1C=C(Cl)Cl. The lowest BCUT2D eigenvalue weighted by atomic mass is 9.48. The maximum atomic E-state index is 12.0. The summed E-state index contributed by atoms with van der Waals surface area (Å²) in [4.78, 5) is 12.0. The molecule has 0 heterocycles. The molecule has 84 valence electrons. The highest BCUT2D eigenvalue weighted by Gasteiger charge is 2.58. The summed E-state index contributed by atoms with van der Waals surface area (Å²) in [5, 5.41) is 0. The predicted molar refractivity (Wildman–Crippen MR) is 63.0 cm³/mol. The number of Topliss-reactive ketones (excluding diaryl/α,β-unsaturated/α-hetero) is 1. The van der Waals surface area contributed by atoms with Crippen LogP contribution in [0.25, 0.3) is 0 Å². The van der Waals surface area contributed by atoms with Gasteiger partial charge in [0.05, 0.1) is 0 Å². The van der Waals surface area contributed by atoms with E-state index in [1.165, 1.54) is 19.3 Å². The molecule has 15 heavy (non-hydrogen) atoms. The summed E-state index contributed by atoms with van der Waals surface area (Å²) in [7, 11) is 0. The molecule has 0 aromatic carbocycles. The van der Waals surface area contributed by atoms with Gasteiger partial charge in [0.25, 0.3) is 0 Å². The largest absolute Gasteiger partial charge is 0.299 e. The predicted octanol–water partition coefficient (Wildman–Crippen LogP) is 4.09. The smallest absolute Gasteiger partial charge is 0.143 e. The van der Waals surface area contributed by atoms with Crippen molar-refractivity contribution in [1.29, 1.82) is 0 Å². The summed E-state index contributed by atoms with van der Waals surface area (Å²) < 4.78 is 0.310. The van der Waals surface area contributed by atoms with Gasteiger partial charge < -0.3 is 0 Å². The molecule has 0 aromatic heterocycles. The standard InChI is InChI=1S/C12H16Cl2O/c1-8-9(7-10(13)14)12(11(8)15)5-3-2-4-6-12/h7-9H,2-6H2,1H3. The Kier molecular flexibility index (Phi) is 3.14. The minimum Gasteiger partial charge on any atom is -0.299 e. The second-order valence-electron chi connectivity index (χ2n) is 4.85. The summed E-state index contributed by atoms with van der Waals surface area (Å²) in [5.41, 5.74) is -0.104. The lowest BCUT2D eigenvalue weighted by molar-refractivity contribution is -0.155. The Morgan fingerprint density at radius 3 is 2.47 bits per heavy atom. The van der Waals surface area contributed by atoms with Crippen LogP contribution in [0.5, 0.6) is 0 Å². The number of halogens is 2. The Bertz CT molecular complexity index is 299. The Morgan fingerprint density at radius 2 is 1.93 bits per heavy atom. The number of allylic oxidation sites excluding steroid dienone is 1. The van der Waals surface area contributed by atoms with E-state index in [1.807, 2.05) is 13.0 Å². The van der Waals surface area contributed by atoms with Gasteiger partial charge in [-0.2, -0.15) is 0 Å². The fourth-order valence-electron chi connectivity index (χ4n) is 3.37. The molecule has 0 aliphatic heterocycles. The average molecular weight is 247 g/mol. The molecule has 0 saturated heterocycles. The minimum atomic E-state index is -0.104. The van der Waals surface area contributed by atoms with E-state index >= 15 is 0 Å². The Balaban J connectivity index is 2.21. The van der Waals surface area contributed by atoms with Crippen LogP contribution in [0.1, 0.15) is 39.0 Å². The van der Waals surface area contributed by atoms with E-state index in [2.05, 4.69) is 0 Å². The first-order chi connectivity index (χ1) is 7.08. The number of hydrogen-bond acceptors (Lipinski definition) is 1. The van der Waals surface area contributed by atoms with Crippen LogP contribution in [0.2, 0.25) is 0 Å². The van der Waals surface area contributed by atoms with Gasteiger partial charge in [-0.25, -0.2) is 0 Å². The van der Waals surface area contributed by atoms with E-state index in [9.17, 15) is 4.79 Å². The van der Waals surface area contributed by atoms with Crippen molar-refractivity contribution in [1.82, 2.24) is 0 Å². The van der Waals surface area contributed by atoms with Gasteiger partial charge in [-0.15, -0.1) is 0 Å². The number of carbonyl (C=O) groups is 1. The average Bonchev–Trinajstić information content (AvgIpc) is 2.25. The van der Waals surface area contributed by atoms with Gasteiger partial charge in [-0.1, -0.05) is 49.4 Å². The number of carbonyl (C=O) groups excluding carboxylic acids is 1. The first-order valence-electron chi connectivity index (χ1n) is 5.65. The fourth-order valence-corrected chi connectivity index (χ4v) is 3.64. The highest BCUT2D eigenvalue weighted by molar-refractivity contribution is 6.55. The van der Waals surface area contributed by atoms with Crippen molar-refractivity contribution in [3.8, 4) is 0 Å². The Hall–Kier alpha value is -0.0100. The molecule has 2 atom stereocenters. The lowest BCUT2D eigenvalue weighted by Gasteiger charge is -2.53. The van der Waals surface area contributed by atoms with Crippen LogP contribution in [-0.4, -0.2) is 5.78 Å². The molecule has 0 N–H and O–H groups in total. The zero-order valence-electron chi connectivity index (χ0n) is 8.93. The molecule has 2 saturated carbocycles. The van der Waals surface area contributed by atoms with Crippen molar-refractivity contribution in [2.24, 2.45) is 17.3 Å². The molecule has 2 rings (SSSR count). The van der Waals surface area contributed by atoms with Crippen LogP contribution in [0, 0.1) is 17.3 Å². The van der Waals surface area contributed by atoms with Crippen LogP contribution >= 0.6 is 23.2 Å². The highest BCUT2D eigenvalue weighted by atomic mass is 35.5. The maximum absolute atomic E-state index is 12.0. The summed E-state index contributed by atoms with van der Waals surface area (Å²) in [6.07, 6.45) is 7.52. The van der Waals surface area contributed by atoms with Gasteiger partial charge in [-0.05, 0) is 18.9 Å². The summed E-state index contributed by atoms with van der Waals surface area (Å²) in [5.74, 6) is 0.809. The van der Waals surface area contributed by atoms with Gasteiger partial charge >= 0.3 is 0 Å². The van der Waals surface area contributed by atoms with Crippen LogP contribution in [0.3, 0.4) is 0 Å². The fraction of sp³-hybridized carbons (Fsp3) is 0.750. The summed E-state index contributed by atoms with van der Waals surface area (Å²) in [6.45, 7) is 1.99. The van der Waals surface area contributed by atoms with Gasteiger partial charge in [0, 0.05) is 17.3 Å². The van der Waals surface area contributed by atoms with Gasteiger partial charge in [0.1, 0.15) is 10.3 Å². The zero-order chi connectivity index (χ0) is 11.1. The molecule has 2 unspecified atom stereocenters. The molecule has 1 spiro atoms. The van der Waals surface area contributed by atoms with Crippen LogP contribution in [0.4, 0.5) is 0 Å². The van der Waals surface area contributed by atoms with Gasteiger partial charge in [0.2, 0.25) is 0 Å². The van der Waals surface area contributed by atoms with Crippen LogP contribution in [0.15, 0.2) is 10.6 Å². The molecular formula is C12H16Cl2O. The Morgan fingerprint density at radius 1 is 1.33 bits per heavy atom. The van der Waals surface area contributed by atoms with Crippen molar-refractivity contribution in [2.45, 2.75) is 39.0 Å². The van der Waals surface area contributed by atoms with E-state index in [4.69, 9.17) is 23.2 Å². The quantitative estimate of drug-likeness (QED) is 0.682. The minimum absolute atomic E-state index is 0.104. The second kappa shape index (κ2) is 4.10. The molecule has 0 aromatic rings. The first kappa shape index (κ1) is 11.5. The molecular weight excluding hydrogens is 231 g/mol. The molecule has 2 aliphatic carbocycles. The number of rotatable bonds is 1. The lowest BCUT2D eigenvalue weighted by Crippen LogP contribution is -2.56. The number of hydrogen-bond donors (Lipinski definition) is 0. The number of ketones is 1. The summed E-state index contributed by atoms with van der Waals surface area (Å²) >= 11 is 11.4. The molecule has 0 bridgehead atoms. The molecule has 3 heteroatoms. The van der Waals surface area contributed by atoms with Crippen LogP contribution < -0.4 is 0 Å². The molecule has 1 nitrogen and oxygen atoms in total. The van der Waals surface area contributed by atoms with Gasteiger partial charge in [0.15, 0.2) is 0 Å². The van der Waals surface area contributed by atoms with Crippen LogP contribution in [-0.2, 0) is 4.79 Å². The topological polar surface area (TPSA) is 17.1 Å². The van der Waals surface area contributed by atoms with E-state index in [0.717, 1.165) is 12.8 Å². The third-order valence-corrected chi connectivity index (χ3v) is 4.38. The third kappa shape index (κ3) is 1.74.